The third-order valence-corrected chi connectivity index (χ3v) is 4.72. The summed E-state index contributed by atoms with van der Waals surface area (Å²) < 4.78 is 39.7. The normalized spacial score (nSPS) is 11.2. The van der Waals surface area contributed by atoms with Gasteiger partial charge in [-0.15, -0.1) is 11.3 Å². The fourth-order valence-corrected chi connectivity index (χ4v) is 3.12. The maximum absolute atomic E-state index is 11.9. The van der Waals surface area contributed by atoms with E-state index in [4.69, 9.17) is 11.6 Å². The fraction of sp³-hybridized carbons (Fsp3) is 0.353. The standard InChI is InChI=1S/C17H17ClF3N3O3S/c1-10-2-3-11(7-13(10)18)6-12-8-23-15(28-12)24-14(25)4-5-22-16(26)27-9-17(19,20)21/h2-3,7-8H,4-6,9H2,1H3,(H,22,26)(H,23,24,25). The van der Waals surface area contributed by atoms with Gasteiger partial charge in [-0.2, -0.15) is 13.2 Å². The number of aryl methyl sites for hydroxylation is 1. The average molecular weight is 436 g/mol. The number of anilines is 1. The lowest BCUT2D eigenvalue weighted by Gasteiger charge is -2.08. The molecule has 2 aromatic rings. The lowest BCUT2D eigenvalue weighted by molar-refractivity contribution is -0.160. The zero-order valence-electron chi connectivity index (χ0n) is 14.7. The molecule has 0 unspecified atom stereocenters. The average Bonchev–Trinajstić information content (AvgIpc) is 3.02. The second kappa shape index (κ2) is 9.74. The number of ether oxygens (including phenoxy) is 1. The number of carbonyl (C=O) groups excluding carboxylic acids is 2. The van der Waals surface area contributed by atoms with Crippen LogP contribution in [0.2, 0.25) is 5.02 Å². The second-order valence-corrected chi connectivity index (χ2v) is 7.33. The van der Waals surface area contributed by atoms with Crippen LogP contribution in [0, 0.1) is 6.92 Å². The number of hydrogen-bond acceptors (Lipinski definition) is 5. The van der Waals surface area contributed by atoms with E-state index in [2.05, 4.69) is 20.4 Å². The zero-order chi connectivity index (χ0) is 20.7. The molecule has 11 heteroatoms. The van der Waals surface area contributed by atoms with Gasteiger partial charge < -0.3 is 15.4 Å². The lowest BCUT2D eigenvalue weighted by Crippen LogP contribution is -2.31. The highest BCUT2D eigenvalue weighted by Crippen LogP contribution is 2.24. The molecule has 28 heavy (non-hydrogen) atoms. The van der Waals surface area contributed by atoms with Crippen molar-refractivity contribution in [3.05, 3.63) is 45.4 Å². The van der Waals surface area contributed by atoms with Crippen molar-refractivity contribution < 1.29 is 27.5 Å². The lowest BCUT2D eigenvalue weighted by atomic mass is 10.1. The van der Waals surface area contributed by atoms with Crippen LogP contribution in [0.3, 0.4) is 0 Å². The Bertz CT molecular complexity index is 843. The predicted octanol–water partition coefficient (Wildman–Crippen LogP) is 4.31. The summed E-state index contributed by atoms with van der Waals surface area (Å²) in [7, 11) is 0. The summed E-state index contributed by atoms with van der Waals surface area (Å²) in [5.41, 5.74) is 2.00. The second-order valence-electron chi connectivity index (χ2n) is 5.81. The molecule has 0 bridgehead atoms. The van der Waals surface area contributed by atoms with Crippen molar-refractivity contribution in [1.82, 2.24) is 10.3 Å². The molecule has 2 amide bonds. The molecule has 6 nitrogen and oxygen atoms in total. The molecule has 2 rings (SSSR count). The Morgan fingerprint density at radius 1 is 1.32 bits per heavy atom. The number of hydrogen-bond donors (Lipinski definition) is 2. The molecular formula is C17H17ClF3N3O3S. The van der Waals surface area contributed by atoms with Crippen molar-refractivity contribution in [2.45, 2.75) is 25.9 Å². The fourth-order valence-electron chi connectivity index (χ4n) is 2.05. The van der Waals surface area contributed by atoms with E-state index in [-0.39, 0.29) is 13.0 Å². The first-order chi connectivity index (χ1) is 13.1. The maximum Gasteiger partial charge on any atom is 0.422 e. The Morgan fingerprint density at radius 3 is 2.75 bits per heavy atom. The number of alkyl halides is 3. The monoisotopic (exact) mass is 435 g/mol. The summed E-state index contributed by atoms with van der Waals surface area (Å²) in [4.78, 5) is 27.9. The van der Waals surface area contributed by atoms with Gasteiger partial charge in [0.25, 0.3) is 0 Å². The topological polar surface area (TPSA) is 80.3 Å². The van der Waals surface area contributed by atoms with Gasteiger partial charge >= 0.3 is 12.3 Å². The van der Waals surface area contributed by atoms with Crippen LogP contribution in [0.15, 0.2) is 24.4 Å². The summed E-state index contributed by atoms with van der Waals surface area (Å²) >= 11 is 7.40. The van der Waals surface area contributed by atoms with E-state index in [1.807, 2.05) is 25.1 Å². The predicted molar refractivity (Wildman–Crippen MR) is 99.8 cm³/mol. The van der Waals surface area contributed by atoms with E-state index < -0.39 is 24.8 Å². The Labute approximate surface area is 168 Å². The first-order valence-corrected chi connectivity index (χ1v) is 9.29. The van der Waals surface area contributed by atoms with Crippen molar-refractivity contribution in [2.24, 2.45) is 0 Å². The largest absolute Gasteiger partial charge is 0.440 e. The van der Waals surface area contributed by atoms with Crippen LogP contribution < -0.4 is 10.6 Å². The van der Waals surface area contributed by atoms with Gasteiger partial charge in [0.05, 0.1) is 0 Å². The van der Waals surface area contributed by atoms with Gasteiger partial charge in [0.1, 0.15) is 0 Å². The molecule has 0 fully saturated rings. The number of thiazole rings is 1. The van der Waals surface area contributed by atoms with E-state index in [1.54, 1.807) is 6.20 Å². The molecule has 0 atom stereocenters. The van der Waals surface area contributed by atoms with Crippen LogP contribution in [-0.2, 0) is 16.0 Å². The number of aromatic nitrogens is 1. The molecule has 0 spiro atoms. The molecule has 0 saturated heterocycles. The minimum atomic E-state index is -4.60. The molecular weight excluding hydrogens is 419 g/mol. The minimum Gasteiger partial charge on any atom is -0.440 e. The summed E-state index contributed by atoms with van der Waals surface area (Å²) in [5.74, 6) is -0.435. The van der Waals surface area contributed by atoms with Gasteiger partial charge in [-0.25, -0.2) is 9.78 Å². The Kier molecular flexibility index (Phi) is 7.64. The molecule has 2 N–H and O–H groups in total. The SMILES string of the molecule is Cc1ccc(Cc2cnc(NC(=O)CCNC(=O)OCC(F)(F)F)s2)cc1Cl. The van der Waals surface area contributed by atoms with E-state index in [9.17, 15) is 22.8 Å². The number of rotatable bonds is 7. The van der Waals surface area contributed by atoms with Crippen molar-refractivity contribution in [1.29, 1.82) is 0 Å². The minimum absolute atomic E-state index is 0.135. The molecule has 0 aliphatic carbocycles. The maximum atomic E-state index is 11.9. The highest BCUT2D eigenvalue weighted by atomic mass is 35.5. The van der Waals surface area contributed by atoms with E-state index in [0.29, 0.717) is 16.6 Å². The van der Waals surface area contributed by atoms with Gasteiger partial charge in [-0.3, -0.25) is 4.79 Å². The van der Waals surface area contributed by atoms with Crippen LogP contribution in [0.4, 0.5) is 23.1 Å². The first kappa shape index (κ1) is 22.0. The molecule has 1 aromatic carbocycles. The van der Waals surface area contributed by atoms with E-state index in [1.165, 1.54) is 11.3 Å². The quantitative estimate of drug-likeness (QED) is 0.679. The summed E-state index contributed by atoms with van der Waals surface area (Å²) in [6.07, 6.45) is -3.72. The van der Waals surface area contributed by atoms with E-state index in [0.717, 1.165) is 16.0 Å². The van der Waals surface area contributed by atoms with Gasteiger partial charge in [0.15, 0.2) is 11.7 Å². The Morgan fingerprint density at radius 2 is 2.07 bits per heavy atom. The number of carbonyl (C=O) groups is 2. The Balaban J connectivity index is 1.74. The van der Waals surface area contributed by atoms with E-state index >= 15 is 0 Å². The zero-order valence-corrected chi connectivity index (χ0v) is 16.3. The molecule has 152 valence electrons. The highest BCUT2D eigenvalue weighted by Gasteiger charge is 2.29. The van der Waals surface area contributed by atoms with Crippen molar-refractivity contribution in [2.75, 3.05) is 18.5 Å². The number of nitrogens with one attached hydrogen (secondary N) is 2. The molecule has 1 heterocycles. The van der Waals surface area contributed by atoms with Crippen LogP contribution >= 0.6 is 22.9 Å². The van der Waals surface area contributed by atoms with Crippen LogP contribution in [-0.4, -0.2) is 36.3 Å². The summed E-state index contributed by atoms with van der Waals surface area (Å²) in [6.45, 7) is 0.0685. The number of alkyl carbamates (subject to hydrolysis) is 1. The van der Waals surface area contributed by atoms with Crippen LogP contribution in [0.25, 0.3) is 0 Å². The molecule has 1 aromatic heterocycles. The Hall–Kier alpha value is -2.33. The number of nitrogens with zero attached hydrogens (tertiary/aromatic N) is 1. The molecule has 0 saturated carbocycles. The number of amides is 2. The van der Waals surface area contributed by atoms with Crippen molar-refractivity contribution in [3.63, 3.8) is 0 Å². The van der Waals surface area contributed by atoms with Crippen LogP contribution in [0.5, 0.6) is 0 Å². The van der Waals surface area contributed by atoms with Gasteiger partial charge in [0.2, 0.25) is 5.91 Å². The van der Waals surface area contributed by atoms with Gasteiger partial charge in [-0.05, 0) is 24.1 Å². The number of halogens is 4. The third kappa shape index (κ3) is 7.73. The highest BCUT2D eigenvalue weighted by molar-refractivity contribution is 7.15. The first-order valence-electron chi connectivity index (χ1n) is 8.09. The van der Waals surface area contributed by atoms with Gasteiger partial charge in [0, 0.05) is 35.5 Å². The molecule has 0 aliphatic heterocycles. The smallest absolute Gasteiger partial charge is 0.422 e. The summed E-state index contributed by atoms with van der Waals surface area (Å²) in [6, 6.07) is 5.76. The molecule has 0 radical (unpaired) electrons. The van der Waals surface area contributed by atoms with Crippen molar-refractivity contribution >= 4 is 40.1 Å². The number of benzene rings is 1. The van der Waals surface area contributed by atoms with Gasteiger partial charge in [-0.1, -0.05) is 23.7 Å². The molecule has 0 aliphatic rings. The third-order valence-electron chi connectivity index (χ3n) is 3.40. The van der Waals surface area contributed by atoms with Crippen LogP contribution in [0.1, 0.15) is 22.4 Å². The summed E-state index contributed by atoms with van der Waals surface area (Å²) in [5, 5.41) is 5.70. The van der Waals surface area contributed by atoms with Crippen molar-refractivity contribution in [3.8, 4) is 0 Å².